The molecular formula is C14H8F4N2. The zero-order valence-corrected chi connectivity index (χ0v) is 10.3. The van der Waals surface area contributed by atoms with Crippen LogP contribution in [0.2, 0.25) is 0 Å². The van der Waals surface area contributed by atoms with Crippen LogP contribution in [0.15, 0.2) is 24.3 Å². The first-order chi connectivity index (χ1) is 9.43. The maximum atomic E-state index is 13.6. The molecule has 0 aliphatic heterocycles. The molecule has 0 aliphatic rings. The highest BCUT2D eigenvalue weighted by molar-refractivity contribution is 5.62. The molecule has 0 bridgehead atoms. The van der Waals surface area contributed by atoms with E-state index in [9.17, 15) is 17.6 Å². The van der Waals surface area contributed by atoms with Gasteiger partial charge in [-0.25, -0.2) is 17.6 Å². The minimum atomic E-state index is -1.34. The van der Waals surface area contributed by atoms with Crippen LogP contribution in [0.5, 0.6) is 0 Å². The van der Waals surface area contributed by atoms with Gasteiger partial charge in [0.05, 0.1) is 16.9 Å². The summed E-state index contributed by atoms with van der Waals surface area (Å²) < 4.78 is 54.0. The Labute approximate surface area is 112 Å². The third-order valence-electron chi connectivity index (χ3n) is 2.72. The van der Waals surface area contributed by atoms with Gasteiger partial charge in [0.25, 0.3) is 0 Å². The molecule has 20 heavy (non-hydrogen) atoms. The van der Waals surface area contributed by atoms with E-state index in [4.69, 9.17) is 5.26 Å². The predicted octanol–water partition coefficient (Wildman–Crippen LogP) is 4.17. The van der Waals surface area contributed by atoms with Crippen molar-refractivity contribution in [1.29, 1.82) is 5.26 Å². The fourth-order valence-electron chi connectivity index (χ4n) is 1.62. The van der Waals surface area contributed by atoms with Gasteiger partial charge in [0, 0.05) is 6.07 Å². The Morgan fingerprint density at radius 2 is 1.65 bits per heavy atom. The number of nitrogens with zero attached hydrogens (tertiary/aromatic N) is 1. The molecule has 0 saturated carbocycles. The summed E-state index contributed by atoms with van der Waals surface area (Å²) in [5.41, 5.74) is -1.08. The highest BCUT2D eigenvalue weighted by Crippen LogP contribution is 2.26. The van der Waals surface area contributed by atoms with E-state index in [0.717, 1.165) is 24.3 Å². The SMILES string of the molecule is Cc1cc(F)c(Nc2ccc(C#N)c(F)c2F)cc1F. The first-order valence-electron chi connectivity index (χ1n) is 5.54. The van der Waals surface area contributed by atoms with Gasteiger partial charge in [-0.2, -0.15) is 5.26 Å². The summed E-state index contributed by atoms with van der Waals surface area (Å²) >= 11 is 0. The van der Waals surface area contributed by atoms with Crippen LogP contribution in [0.25, 0.3) is 0 Å². The first kappa shape index (κ1) is 13.9. The highest BCUT2D eigenvalue weighted by atomic mass is 19.2. The Morgan fingerprint density at radius 1 is 0.950 bits per heavy atom. The summed E-state index contributed by atoms with van der Waals surface area (Å²) in [5.74, 6) is -4.15. The van der Waals surface area contributed by atoms with Gasteiger partial charge in [-0.3, -0.25) is 0 Å². The van der Waals surface area contributed by atoms with Crippen molar-refractivity contribution in [2.45, 2.75) is 6.92 Å². The van der Waals surface area contributed by atoms with Crippen LogP contribution in [0, 0.1) is 41.5 Å². The summed E-state index contributed by atoms with van der Waals surface area (Å²) in [5, 5.41) is 10.8. The Morgan fingerprint density at radius 3 is 2.30 bits per heavy atom. The van der Waals surface area contributed by atoms with Crippen LogP contribution in [-0.2, 0) is 0 Å². The minimum Gasteiger partial charge on any atom is -0.351 e. The van der Waals surface area contributed by atoms with Crippen LogP contribution >= 0.6 is 0 Å². The van der Waals surface area contributed by atoms with E-state index in [0.29, 0.717) is 0 Å². The van der Waals surface area contributed by atoms with E-state index in [-0.39, 0.29) is 16.9 Å². The fourth-order valence-corrected chi connectivity index (χ4v) is 1.62. The number of nitriles is 1. The van der Waals surface area contributed by atoms with Crippen LogP contribution in [0.4, 0.5) is 28.9 Å². The van der Waals surface area contributed by atoms with Gasteiger partial charge in [-0.05, 0) is 30.7 Å². The fraction of sp³-hybridized carbons (Fsp3) is 0.0714. The lowest BCUT2D eigenvalue weighted by atomic mass is 10.1. The molecule has 0 atom stereocenters. The first-order valence-corrected chi connectivity index (χ1v) is 5.54. The molecule has 0 radical (unpaired) electrons. The molecule has 0 amide bonds. The van der Waals surface area contributed by atoms with Crippen molar-refractivity contribution in [1.82, 2.24) is 0 Å². The number of hydrogen-bond acceptors (Lipinski definition) is 2. The molecule has 0 heterocycles. The molecule has 0 saturated heterocycles. The average Bonchev–Trinajstić information content (AvgIpc) is 2.41. The molecule has 2 aromatic carbocycles. The molecule has 2 nitrogen and oxygen atoms in total. The minimum absolute atomic E-state index is 0.0968. The van der Waals surface area contributed by atoms with Crippen molar-refractivity contribution >= 4 is 11.4 Å². The second-order valence-electron chi connectivity index (χ2n) is 4.11. The van der Waals surface area contributed by atoms with Crippen LogP contribution in [0.3, 0.4) is 0 Å². The van der Waals surface area contributed by atoms with Crippen molar-refractivity contribution < 1.29 is 17.6 Å². The molecule has 1 N–H and O–H groups in total. The Bertz CT molecular complexity index is 720. The van der Waals surface area contributed by atoms with Crippen LogP contribution in [-0.4, -0.2) is 0 Å². The maximum Gasteiger partial charge on any atom is 0.183 e. The lowest BCUT2D eigenvalue weighted by Gasteiger charge is -2.10. The van der Waals surface area contributed by atoms with Crippen molar-refractivity contribution in [2.24, 2.45) is 0 Å². The average molecular weight is 280 g/mol. The van der Waals surface area contributed by atoms with Gasteiger partial charge in [-0.15, -0.1) is 0 Å². The molecule has 0 aliphatic carbocycles. The van der Waals surface area contributed by atoms with Gasteiger partial charge >= 0.3 is 0 Å². The second-order valence-corrected chi connectivity index (χ2v) is 4.11. The lowest BCUT2D eigenvalue weighted by molar-refractivity contribution is 0.509. The molecule has 0 spiro atoms. The zero-order chi connectivity index (χ0) is 14.9. The van der Waals surface area contributed by atoms with Gasteiger partial charge in [-0.1, -0.05) is 0 Å². The highest BCUT2D eigenvalue weighted by Gasteiger charge is 2.15. The standard InChI is InChI=1S/C14H8F4N2/c1-7-4-10(16)12(5-9(7)15)20-11-3-2-8(6-19)13(17)14(11)18/h2-5,20H,1H3. The zero-order valence-electron chi connectivity index (χ0n) is 10.3. The van der Waals surface area contributed by atoms with E-state index >= 15 is 0 Å². The van der Waals surface area contributed by atoms with Crippen molar-refractivity contribution in [3.05, 3.63) is 58.7 Å². The molecule has 0 aromatic heterocycles. The number of nitrogens with one attached hydrogen (secondary N) is 1. The Balaban J connectivity index is 2.44. The number of rotatable bonds is 2. The van der Waals surface area contributed by atoms with Crippen molar-refractivity contribution in [2.75, 3.05) is 5.32 Å². The summed E-state index contributed by atoms with van der Waals surface area (Å²) in [7, 11) is 0. The quantitative estimate of drug-likeness (QED) is 0.838. The van der Waals surface area contributed by atoms with Gasteiger partial charge in [0.2, 0.25) is 0 Å². The normalized spacial score (nSPS) is 10.2. The number of halogens is 4. The molecule has 102 valence electrons. The van der Waals surface area contributed by atoms with Crippen molar-refractivity contribution in [3.63, 3.8) is 0 Å². The molecule has 0 unspecified atom stereocenters. The largest absolute Gasteiger partial charge is 0.351 e. The van der Waals surface area contributed by atoms with Crippen molar-refractivity contribution in [3.8, 4) is 6.07 Å². The summed E-state index contributed by atoms with van der Waals surface area (Å²) in [6, 6.07) is 5.39. The third-order valence-corrected chi connectivity index (χ3v) is 2.72. The number of aryl methyl sites for hydroxylation is 1. The van der Waals surface area contributed by atoms with Crippen LogP contribution in [0.1, 0.15) is 11.1 Å². The number of hydrogen-bond donors (Lipinski definition) is 1. The van der Waals surface area contributed by atoms with Gasteiger partial charge in [0.15, 0.2) is 11.6 Å². The Hall–Kier alpha value is -2.55. The molecule has 6 heteroatoms. The Kier molecular flexibility index (Phi) is 3.61. The summed E-state index contributed by atoms with van der Waals surface area (Å²) in [4.78, 5) is 0. The smallest absolute Gasteiger partial charge is 0.183 e. The summed E-state index contributed by atoms with van der Waals surface area (Å²) in [6.45, 7) is 1.38. The van der Waals surface area contributed by atoms with Gasteiger partial charge < -0.3 is 5.32 Å². The van der Waals surface area contributed by atoms with E-state index in [1.165, 1.54) is 13.0 Å². The topological polar surface area (TPSA) is 35.8 Å². The second kappa shape index (κ2) is 5.21. The van der Waals surface area contributed by atoms with E-state index in [1.807, 2.05) is 0 Å². The third kappa shape index (κ3) is 2.43. The molecule has 2 rings (SSSR count). The monoisotopic (exact) mass is 280 g/mol. The number of anilines is 2. The maximum absolute atomic E-state index is 13.6. The number of benzene rings is 2. The van der Waals surface area contributed by atoms with E-state index in [2.05, 4.69) is 5.32 Å². The van der Waals surface area contributed by atoms with Gasteiger partial charge in [0.1, 0.15) is 17.7 Å². The molecular weight excluding hydrogens is 272 g/mol. The van der Waals surface area contributed by atoms with E-state index < -0.39 is 28.8 Å². The lowest BCUT2D eigenvalue weighted by Crippen LogP contribution is -2.01. The molecule has 0 fully saturated rings. The summed E-state index contributed by atoms with van der Waals surface area (Å²) in [6.07, 6.45) is 0. The molecule has 2 aromatic rings. The van der Waals surface area contributed by atoms with E-state index in [1.54, 1.807) is 0 Å². The van der Waals surface area contributed by atoms with Crippen LogP contribution < -0.4 is 5.32 Å². The predicted molar refractivity (Wildman–Crippen MR) is 65.5 cm³/mol.